The molecule has 258 valence electrons. The number of H-pyrrole nitrogens is 1. The van der Waals surface area contributed by atoms with Crippen LogP contribution in [-0.4, -0.2) is 68.7 Å². The summed E-state index contributed by atoms with van der Waals surface area (Å²) in [7, 11) is 0. The number of aromatic amines is 1. The summed E-state index contributed by atoms with van der Waals surface area (Å²) in [5.74, 6) is 0.874. The fourth-order valence-corrected chi connectivity index (χ4v) is 8.84. The standard InChI is InChI=1S/C38H40N6O4S2/c45-33-23-30(29-7-9-34(40-37(29)39-33)47-19-4-2-16-43-17-11-26-13-21-50-32(26)25-43)44-36(46)10-6-27-5-8-35(41-38(27)44)48-20-3-1-15-42-18-12-31-28(24-42)14-22-49-31/h5-10,13-14,21-23H,1-4,11-12,15-20,24-25H2,(H,39,40,45). The zero-order valence-corrected chi connectivity index (χ0v) is 29.6. The molecule has 0 bridgehead atoms. The van der Waals surface area contributed by atoms with E-state index in [0.29, 0.717) is 47.3 Å². The quantitative estimate of drug-likeness (QED) is 0.142. The Morgan fingerprint density at radius 1 is 0.720 bits per heavy atom. The molecule has 50 heavy (non-hydrogen) atoms. The molecule has 2 aliphatic rings. The van der Waals surface area contributed by atoms with E-state index in [1.165, 1.54) is 37.6 Å². The Bertz CT molecular complexity index is 2240. The number of hydrogen-bond acceptors (Lipinski definition) is 10. The third-order valence-corrected chi connectivity index (χ3v) is 11.6. The van der Waals surface area contributed by atoms with Gasteiger partial charge in [0.1, 0.15) is 5.65 Å². The van der Waals surface area contributed by atoms with E-state index in [1.54, 1.807) is 12.1 Å². The molecule has 12 heteroatoms. The second-order valence-electron chi connectivity index (χ2n) is 13.0. The van der Waals surface area contributed by atoms with Crippen LogP contribution in [0.3, 0.4) is 0 Å². The van der Waals surface area contributed by atoms with Crippen molar-refractivity contribution in [3.63, 3.8) is 0 Å². The largest absolute Gasteiger partial charge is 0.478 e. The van der Waals surface area contributed by atoms with Gasteiger partial charge >= 0.3 is 0 Å². The smallest absolute Gasteiger partial charge is 0.256 e. The predicted molar refractivity (Wildman–Crippen MR) is 199 cm³/mol. The molecule has 0 aliphatic carbocycles. The maximum absolute atomic E-state index is 13.4. The van der Waals surface area contributed by atoms with Crippen LogP contribution < -0.4 is 20.6 Å². The minimum absolute atomic E-state index is 0.298. The van der Waals surface area contributed by atoms with Crippen LogP contribution in [0.15, 0.2) is 74.9 Å². The monoisotopic (exact) mass is 708 g/mol. The highest BCUT2D eigenvalue weighted by atomic mass is 32.1. The van der Waals surface area contributed by atoms with Gasteiger partial charge in [-0.25, -0.2) is 0 Å². The molecule has 1 N–H and O–H groups in total. The Morgan fingerprint density at radius 2 is 1.42 bits per heavy atom. The van der Waals surface area contributed by atoms with Crippen molar-refractivity contribution in [3.8, 4) is 17.4 Å². The molecule has 2 aliphatic heterocycles. The number of aromatic nitrogens is 4. The maximum atomic E-state index is 13.4. The van der Waals surface area contributed by atoms with Gasteiger partial charge in [0.25, 0.3) is 11.1 Å². The first kappa shape index (κ1) is 32.8. The number of unbranched alkanes of at least 4 members (excludes halogenated alkanes) is 2. The Balaban J connectivity index is 0.911. The van der Waals surface area contributed by atoms with E-state index in [0.717, 1.165) is 83.2 Å². The van der Waals surface area contributed by atoms with E-state index < -0.39 is 0 Å². The minimum atomic E-state index is -0.368. The van der Waals surface area contributed by atoms with Crippen LogP contribution in [0.25, 0.3) is 27.8 Å². The normalized spacial score (nSPS) is 15.0. The van der Waals surface area contributed by atoms with Crippen LogP contribution in [-0.2, 0) is 25.9 Å². The fourth-order valence-electron chi connectivity index (χ4n) is 6.97. The van der Waals surface area contributed by atoms with Crippen LogP contribution in [0.5, 0.6) is 11.8 Å². The number of hydrogen-bond donors (Lipinski definition) is 1. The number of ether oxygens (including phenoxy) is 2. The maximum Gasteiger partial charge on any atom is 0.256 e. The Labute approximate surface area is 298 Å². The molecule has 6 aromatic heterocycles. The average Bonchev–Trinajstić information content (AvgIpc) is 3.80. The summed E-state index contributed by atoms with van der Waals surface area (Å²) in [4.78, 5) is 46.4. The molecule has 0 unspecified atom stereocenters. The van der Waals surface area contributed by atoms with Crippen LogP contribution in [0.2, 0.25) is 0 Å². The molecule has 0 saturated carbocycles. The highest BCUT2D eigenvalue weighted by Crippen LogP contribution is 2.27. The van der Waals surface area contributed by atoms with Crippen molar-refractivity contribution in [1.82, 2.24) is 29.3 Å². The van der Waals surface area contributed by atoms with Crippen LogP contribution in [0, 0.1) is 0 Å². The van der Waals surface area contributed by atoms with Gasteiger partial charge in [0.05, 0.1) is 18.9 Å². The van der Waals surface area contributed by atoms with E-state index in [1.807, 2.05) is 40.9 Å². The number of thiophene rings is 2. The summed E-state index contributed by atoms with van der Waals surface area (Å²) in [6.07, 6.45) is 6.13. The topological polar surface area (TPSA) is 106 Å². The molecule has 10 nitrogen and oxygen atoms in total. The van der Waals surface area contributed by atoms with Gasteiger partial charge in [0.15, 0.2) is 5.65 Å². The summed E-state index contributed by atoms with van der Waals surface area (Å²) in [5, 5.41) is 5.76. The van der Waals surface area contributed by atoms with Gasteiger partial charge in [-0.3, -0.25) is 24.0 Å². The number of pyridine rings is 4. The number of rotatable bonds is 13. The lowest BCUT2D eigenvalue weighted by Crippen LogP contribution is -2.30. The van der Waals surface area contributed by atoms with E-state index in [-0.39, 0.29) is 11.1 Å². The molecule has 0 spiro atoms. The van der Waals surface area contributed by atoms with Crippen LogP contribution in [0.1, 0.15) is 46.6 Å². The van der Waals surface area contributed by atoms with Gasteiger partial charge in [-0.05, 0) is 104 Å². The zero-order chi connectivity index (χ0) is 33.9. The molecule has 0 fully saturated rings. The molecule has 8 heterocycles. The minimum Gasteiger partial charge on any atom is -0.478 e. The first-order chi connectivity index (χ1) is 24.6. The highest BCUT2D eigenvalue weighted by molar-refractivity contribution is 7.10. The molecular formula is C38H40N6O4S2. The lowest BCUT2D eigenvalue weighted by Gasteiger charge is -2.26. The van der Waals surface area contributed by atoms with Crippen LogP contribution >= 0.6 is 22.7 Å². The third kappa shape index (κ3) is 7.25. The lowest BCUT2D eigenvalue weighted by molar-refractivity contribution is 0.234. The van der Waals surface area contributed by atoms with Crippen molar-refractivity contribution >= 4 is 44.7 Å². The Morgan fingerprint density at radius 3 is 2.26 bits per heavy atom. The van der Waals surface area contributed by atoms with Gasteiger partial charge < -0.3 is 14.5 Å². The zero-order valence-electron chi connectivity index (χ0n) is 27.9. The van der Waals surface area contributed by atoms with Gasteiger partial charge in [0.2, 0.25) is 11.8 Å². The lowest BCUT2D eigenvalue weighted by atomic mass is 10.1. The van der Waals surface area contributed by atoms with Gasteiger partial charge in [0, 0.05) is 71.0 Å². The van der Waals surface area contributed by atoms with Gasteiger partial charge in [-0.15, -0.1) is 22.7 Å². The number of fused-ring (bicyclic) bond motifs is 4. The molecule has 0 saturated heterocycles. The Kier molecular flexibility index (Phi) is 9.75. The summed E-state index contributed by atoms with van der Waals surface area (Å²) in [6.45, 7) is 7.42. The fraction of sp³-hybridized carbons (Fsp3) is 0.368. The average molecular weight is 709 g/mol. The molecule has 8 rings (SSSR count). The van der Waals surface area contributed by atoms with Gasteiger partial charge in [-0.2, -0.15) is 9.97 Å². The van der Waals surface area contributed by atoms with E-state index in [2.05, 4.69) is 42.7 Å². The second-order valence-corrected chi connectivity index (χ2v) is 15.0. The number of nitrogens with zero attached hydrogens (tertiary/aromatic N) is 5. The van der Waals surface area contributed by atoms with Crippen molar-refractivity contribution in [2.24, 2.45) is 0 Å². The molecule has 0 aromatic carbocycles. The van der Waals surface area contributed by atoms with Crippen molar-refractivity contribution < 1.29 is 9.47 Å². The van der Waals surface area contributed by atoms with E-state index >= 15 is 0 Å². The van der Waals surface area contributed by atoms with Crippen LogP contribution in [0.4, 0.5) is 0 Å². The second kappa shape index (κ2) is 14.9. The van der Waals surface area contributed by atoms with Crippen molar-refractivity contribution in [1.29, 1.82) is 0 Å². The number of nitrogens with one attached hydrogen (secondary N) is 1. The highest BCUT2D eigenvalue weighted by Gasteiger charge is 2.18. The molecule has 6 aromatic rings. The van der Waals surface area contributed by atoms with E-state index in [4.69, 9.17) is 14.5 Å². The molecule has 0 radical (unpaired) electrons. The predicted octanol–water partition coefficient (Wildman–Crippen LogP) is 6.18. The summed E-state index contributed by atoms with van der Waals surface area (Å²) in [5.41, 5.74) is 3.49. The molecule has 0 amide bonds. The third-order valence-electron chi connectivity index (χ3n) is 9.64. The van der Waals surface area contributed by atoms with Gasteiger partial charge in [-0.1, -0.05) is 0 Å². The van der Waals surface area contributed by atoms with E-state index in [9.17, 15) is 9.59 Å². The summed E-state index contributed by atoms with van der Waals surface area (Å²) < 4.78 is 13.5. The first-order valence-electron chi connectivity index (χ1n) is 17.5. The summed E-state index contributed by atoms with van der Waals surface area (Å²) in [6, 6.07) is 16.5. The van der Waals surface area contributed by atoms with Crippen molar-refractivity contribution in [3.05, 3.63) is 107 Å². The molecule has 0 atom stereocenters. The van der Waals surface area contributed by atoms with Crippen molar-refractivity contribution in [2.75, 3.05) is 39.4 Å². The summed E-state index contributed by atoms with van der Waals surface area (Å²) >= 11 is 3.72. The molecular weight excluding hydrogens is 669 g/mol. The SMILES string of the molecule is O=c1cc(-n2c(=O)ccc3ccc(OCCCCN4CCc5sccc5C4)nc32)c2ccc(OCCCCN3CCc4ccsc4C3)nc2[nH]1. The van der Waals surface area contributed by atoms with Crippen molar-refractivity contribution in [2.45, 2.75) is 51.6 Å². The first-order valence-corrected chi connectivity index (χ1v) is 19.2. The Hall–Kier alpha value is -4.36.